The van der Waals surface area contributed by atoms with Crippen LogP contribution in [0.1, 0.15) is 19.3 Å². The molecule has 14 heavy (non-hydrogen) atoms. The Labute approximate surface area is 98.9 Å². The standard InChI is InChI=1S/C8H12Br2O4/c9-3-1-2-5(7(11)12)4-6(10)8(13)14/h5-6H,1-4H2,(H,11,12)(H,13,14). The summed E-state index contributed by atoms with van der Waals surface area (Å²) in [6, 6.07) is 0. The molecule has 0 saturated heterocycles. The van der Waals surface area contributed by atoms with E-state index in [1.54, 1.807) is 0 Å². The fourth-order valence-electron chi connectivity index (χ4n) is 1.02. The number of carboxylic acids is 2. The van der Waals surface area contributed by atoms with Crippen LogP contribution in [-0.4, -0.2) is 32.3 Å². The number of carbonyl (C=O) groups is 2. The van der Waals surface area contributed by atoms with Gasteiger partial charge in [-0.2, -0.15) is 0 Å². The van der Waals surface area contributed by atoms with Crippen molar-refractivity contribution >= 4 is 43.8 Å². The number of carboxylic acid groups (broad SMARTS) is 2. The van der Waals surface area contributed by atoms with Gasteiger partial charge >= 0.3 is 11.9 Å². The average molecular weight is 332 g/mol. The molecule has 0 aromatic carbocycles. The molecule has 0 aliphatic heterocycles. The molecule has 0 saturated carbocycles. The van der Waals surface area contributed by atoms with Crippen LogP contribution in [0, 0.1) is 5.92 Å². The smallest absolute Gasteiger partial charge is 0.317 e. The van der Waals surface area contributed by atoms with Crippen LogP contribution < -0.4 is 0 Å². The molecule has 2 N–H and O–H groups in total. The van der Waals surface area contributed by atoms with Gasteiger partial charge in [0, 0.05) is 5.33 Å². The van der Waals surface area contributed by atoms with Gasteiger partial charge in [-0.1, -0.05) is 31.9 Å². The van der Waals surface area contributed by atoms with Crippen LogP contribution in [-0.2, 0) is 9.59 Å². The highest BCUT2D eigenvalue weighted by Gasteiger charge is 2.24. The van der Waals surface area contributed by atoms with Crippen LogP contribution in [0.5, 0.6) is 0 Å². The van der Waals surface area contributed by atoms with Crippen LogP contribution in [0.15, 0.2) is 0 Å². The first-order chi connectivity index (χ1) is 6.49. The second-order valence-corrected chi connectivity index (χ2v) is 4.81. The van der Waals surface area contributed by atoms with E-state index in [9.17, 15) is 9.59 Å². The van der Waals surface area contributed by atoms with Gasteiger partial charge in [-0.05, 0) is 19.3 Å². The minimum atomic E-state index is -1.02. The summed E-state index contributed by atoms with van der Waals surface area (Å²) in [6.07, 6.45) is 1.35. The predicted molar refractivity (Wildman–Crippen MR) is 59.1 cm³/mol. The SMILES string of the molecule is O=C(O)C(Br)CC(CCCBr)C(=O)O. The van der Waals surface area contributed by atoms with Crippen molar-refractivity contribution in [1.29, 1.82) is 0 Å². The van der Waals surface area contributed by atoms with E-state index in [4.69, 9.17) is 10.2 Å². The van der Waals surface area contributed by atoms with Gasteiger partial charge in [0.25, 0.3) is 0 Å². The summed E-state index contributed by atoms with van der Waals surface area (Å²) in [6.45, 7) is 0. The molecule has 4 nitrogen and oxygen atoms in total. The molecule has 0 bridgehead atoms. The minimum Gasteiger partial charge on any atom is -0.481 e. The number of halogens is 2. The first kappa shape index (κ1) is 13.9. The maximum absolute atomic E-state index is 10.7. The van der Waals surface area contributed by atoms with Crippen molar-refractivity contribution in [3.05, 3.63) is 0 Å². The highest BCUT2D eigenvalue weighted by atomic mass is 79.9. The lowest BCUT2D eigenvalue weighted by atomic mass is 9.98. The van der Waals surface area contributed by atoms with Crippen LogP contribution in [0.4, 0.5) is 0 Å². The molecule has 0 aromatic heterocycles. The van der Waals surface area contributed by atoms with Gasteiger partial charge in [0.2, 0.25) is 0 Å². The summed E-state index contributed by atoms with van der Waals surface area (Å²) in [5, 5.41) is 18.1. The van der Waals surface area contributed by atoms with E-state index in [1.807, 2.05) is 0 Å². The molecule has 2 atom stereocenters. The lowest BCUT2D eigenvalue weighted by Gasteiger charge is -2.12. The molecule has 0 aliphatic rings. The van der Waals surface area contributed by atoms with Crippen molar-refractivity contribution in [3.8, 4) is 0 Å². The molecule has 0 amide bonds. The van der Waals surface area contributed by atoms with Crippen molar-refractivity contribution in [2.45, 2.75) is 24.1 Å². The molecule has 0 aromatic rings. The van der Waals surface area contributed by atoms with E-state index >= 15 is 0 Å². The van der Waals surface area contributed by atoms with Crippen molar-refractivity contribution in [1.82, 2.24) is 0 Å². The summed E-state index contributed by atoms with van der Waals surface area (Å²) in [5.41, 5.74) is 0. The summed E-state index contributed by atoms with van der Waals surface area (Å²) < 4.78 is 0. The van der Waals surface area contributed by atoms with Crippen LogP contribution in [0.3, 0.4) is 0 Å². The van der Waals surface area contributed by atoms with E-state index in [2.05, 4.69) is 31.9 Å². The van der Waals surface area contributed by atoms with Gasteiger partial charge in [0.15, 0.2) is 0 Å². The normalized spacial score (nSPS) is 14.7. The molecule has 0 rings (SSSR count). The third-order valence-corrected chi connectivity index (χ3v) is 3.12. The second kappa shape index (κ2) is 7.23. The Morgan fingerprint density at radius 3 is 2.14 bits per heavy atom. The summed E-state index contributed by atoms with van der Waals surface area (Å²) in [4.78, 5) is 20.4. The van der Waals surface area contributed by atoms with Crippen LogP contribution >= 0.6 is 31.9 Å². The Kier molecular flexibility index (Phi) is 7.17. The zero-order valence-electron chi connectivity index (χ0n) is 7.45. The topological polar surface area (TPSA) is 74.6 Å². The van der Waals surface area contributed by atoms with Gasteiger partial charge in [-0.25, -0.2) is 0 Å². The number of hydrogen-bond donors (Lipinski definition) is 2. The lowest BCUT2D eigenvalue weighted by molar-refractivity contribution is -0.142. The molecule has 0 radical (unpaired) electrons. The van der Waals surface area contributed by atoms with E-state index in [0.29, 0.717) is 6.42 Å². The molecule has 2 unspecified atom stereocenters. The Morgan fingerprint density at radius 1 is 1.21 bits per heavy atom. The van der Waals surface area contributed by atoms with Crippen molar-refractivity contribution in [2.75, 3.05) is 5.33 Å². The molecule has 0 fully saturated rings. The second-order valence-electron chi connectivity index (χ2n) is 2.91. The summed E-state index contributed by atoms with van der Waals surface area (Å²) in [7, 11) is 0. The van der Waals surface area contributed by atoms with E-state index in [-0.39, 0.29) is 6.42 Å². The molecular formula is C8H12Br2O4. The monoisotopic (exact) mass is 330 g/mol. The third kappa shape index (κ3) is 5.59. The fourth-order valence-corrected chi connectivity index (χ4v) is 1.79. The first-order valence-electron chi connectivity index (χ1n) is 4.14. The van der Waals surface area contributed by atoms with E-state index in [0.717, 1.165) is 11.8 Å². The zero-order valence-corrected chi connectivity index (χ0v) is 10.6. The van der Waals surface area contributed by atoms with Gasteiger partial charge in [0.1, 0.15) is 4.83 Å². The molecule has 0 aliphatic carbocycles. The Hall–Kier alpha value is -0.100. The van der Waals surface area contributed by atoms with Gasteiger partial charge in [-0.15, -0.1) is 0 Å². The van der Waals surface area contributed by atoms with Crippen LogP contribution in [0.25, 0.3) is 0 Å². The molecular weight excluding hydrogens is 320 g/mol. The van der Waals surface area contributed by atoms with Gasteiger partial charge in [0.05, 0.1) is 5.92 Å². The number of alkyl halides is 2. The Morgan fingerprint density at radius 2 is 1.79 bits per heavy atom. The summed E-state index contributed by atoms with van der Waals surface area (Å²) >= 11 is 6.13. The largest absolute Gasteiger partial charge is 0.481 e. The van der Waals surface area contributed by atoms with Crippen molar-refractivity contribution in [3.63, 3.8) is 0 Å². The summed E-state index contributed by atoms with van der Waals surface area (Å²) in [5.74, 6) is -2.54. The average Bonchev–Trinajstić information content (AvgIpc) is 2.10. The highest BCUT2D eigenvalue weighted by Crippen LogP contribution is 2.19. The van der Waals surface area contributed by atoms with Gasteiger partial charge < -0.3 is 10.2 Å². The van der Waals surface area contributed by atoms with Gasteiger partial charge in [-0.3, -0.25) is 9.59 Å². The predicted octanol–water partition coefficient (Wildman–Crippen LogP) is 2.10. The molecule has 82 valence electrons. The highest BCUT2D eigenvalue weighted by molar-refractivity contribution is 9.10. The first-order valence-corrected chi connectivity index (χ1v) is 6.18. The fraction of sp³-hybridized carbons (Fsp3) is 0.750. The molecule has 0 spiro atoms. The van der Waals surface area contributed by atoms with E-state index < -0.39 is 22.7 Å². The maximum atomic E-state index is 10.7. The van der Waals surface area contributed by atoms with Crippen molar-refractivity contribution in [2.24, 2.45) is 5.92 Å². The zero-order chi connectivity index (χ0) is 11.1. The quantitative estimate of drug-likeness (QED) is 0.700. The third-order valence-electron chi connectivity index (χ3n) is 1.79. The maximum Gasteiger partial charge on any atom is 0.317 e. The number of hydrogen-bond acceptors (Lipinski definition) is 2. The minimum absolute atomic E-state index is 0.123. The van der Waals surface area contributed by atoms with Crippen LogP contribution in [0.2, 0.25) is 0 Å². The van der Waals surface area contributed by atoms with E-state index in [1.165, 1.54) is 0 Å². The Balaban J connectivity index is 4.08. The lowest BCUT2D eigenvalue weighted by Crippen LogP contribution is -2.22. The number of aliphatic carboxylic acids is 2. The number of rotatable bonds is 7. The molecule has 0 heterocycles. The molecule has 6 heteroatoms. The van der Waals surface area contributed by atoms with Crippen molar-refractivity contribution < 1.29 is 19.8 Å². The Bertz CT molecular complexity index is 208.